The van der Waals surface area contributed by atoms with Gasteiger partial charge in [0, 0.05) is 3.92 Å². The summed E-state index contributed by atoms with van der Waals surface area (Å²) in [5.74, 6) is 0. The third-order valence-electron chi connectivity index (χ3n) is 1.11. The quantitative estimate of drug-likeness (QED) is 0.410. The Bertz CT molecular complexity index is 37.2. The van der Waals surface area contributed by atoms with E-state index in [9.17, 15) is 0 Å². The van der Waals surface area contributed by atoms with Gasteiger partial charge < -0.3 is 0 Å². The van der Waals surface area contributed by atoms with Crippen LogP contribution >= 0.6 is 22.6 Å². The van der Waals surface area contributed by atoms with Crippen molar-refractivity contribution in [2.45, 2.75) is 23.2 Å². The molecule has 0 heterocycles. The molecule has 0 aromatic rings. The molecule has 1 aliphatic carbocycles. The summed E-state index contributed by atoms with van der Waals surface area (Å²) < 4.78 is 0.891. The van der Waals surface area contributed by atoms with E-state index < -0.39 is 0 Å². The molecule has 1 aliphatic rings. The van der Waals surface area contributed by atoms with Crippen LogP contribution in [0.15, 0.2) is 0 Å². The maximum absolute atomic E-state index is 2.48. The zero-order valence-electron chi connectivity index (χ0n) is 3.65. The second kappa shape index (κ2) is 2.15. The van der Waals surface area contributed by atoms with E-state index in [1.807, 2.05) is 0 Å². The molecule has 35 valence electrons. The van der Waals surface area contributed by atoms with Gasteiger partial charge in [0.25, 0.3) is 0 Å². The molecule has 1 unspecified atom stereocenters. The van der Waals surface area contributed by atoms with Crippen molar-refractivity contribution in [1.29, 1.82) is 0 Å². The van der Waals surface area contributed by atoms with Crippen LogP contribution in [0, 0.1) is 6.42 Å². The van der Waals surface area contributed by atoms with Gasteiger partial charge in [0.05, 0.1) is 0 Å². The van der Waals surface area contributed by atoms with Crippen molar-refractivity contribution in [3.63, 3.8) is 0 Å². The monoisotopic (exact) mass is 195 g/mol. The lowest BCUT2D eigenvalue weighted by atomic mass is 10.4. The second-order valence-electron chi connectivity index (χ2n) is 1.68. The smallest absolute Gasteiger partial charge is 0.0141 e. The maximum Gasteiger partial charge on any atom is 0.0141 e. The molecule has 0 spiro atoms. The minimum atomic E-state index is 0.891. The van der Waals surface area contributed by atoms with Crippen LogP contribution in [0.2, 0.25) is 0 Å². The van der Waals surface area contributed by atoms with Crippen molar-refractivity contribution in [3.05, 3.63) is 6.42 Å². The lowest BCUT2D eigenvalue weighted by molar-refractivity contribution is 0.903. The fraction of sp³-hybridized carbons (Fsp3) is 0.800. The molecule has 1 fully saturated rings. The van der Waals surface area contributed by atoms with Gasteiger partial charge in [-0.2, -0.15) is 0 Å². The number of halogens is 1. The Morgan fingerprint density at radius 2 is 2.50 bits per heavy atom. The molecule has 1 rings (SSSR count). The zero-order chi connectivity index (χ0) is 4.41. The van der Waals surface area contributed by atoms with Crippen LogP contribution in [0.3, 0.4) is 0 Å². The molecule has 1 atom stereocenters. The molecule has 0 nitrogen and oxygen atoms in total. The van der Waals surface area contributed by atoms with Gasteiger partial charge in [-0.15, -0.1) is 0 Å². The van der Waals surface area contributed by atoms with Crippen LogP contribution in [-0.2, 0) is 0 Å². The number of hydrogen-bond acceptors (Lipinski definition) is 0. The van der Waals surface area contributed by atoms with E-state index in [2.05, 4.69) is 29.0 Å². The van der Waals surface area contributed by atoms with Gasteiger partial charge in [-0.25, -0.2) is 0 Å². The zero-order valence-corrected chi connectivity index (χ0v) is 5.81. The molecule has 1 saturated carbocycles. The van der Waals surface area contributed by atoms with Crippen molar-refractivity contribution in [3.8, 4) is 0 Å². The number of rotatable bonds is 0. The van der Waals surface area contributed by atoms with E-state index in [4.69, 9.17) is 0 Å². The van der Waals surface area contributed by atoms with Crippen LogP contribution in [-0.4, -0.2) is 3.92 Å². The summed E-state index contributed by atoms with van der Waals surface area (Å²) in [5.41, 5.74) is 0. The standard InChI is InChI=1S/C5H8I/c6-5-3-1-2-4-5/h3,5H,1-2,4H2. The highest BCUT2D eigenvalue weighted by atomic mass is 127. The van der Waals surface area contributed by atoms with E-state index in [1.165, 1.54) is 19.3 Å². The summed E-state index contributed by atoms with van der Waals surface area (Å²) in [4.78, 5) is 0. The summed E-state index contributed by atoms with van der Waals surface area (Å²) in [6.07, 6.45) is 6.59. The van der Waals surface area contributed by atoms with Gasteiger partial charge in [0.15, 0.2) is 0 Å². The number of hydrogen-bond donors (Lipinski definition) is 0. The van der Waals surface area contributed by atoms with Gasteiger partial charge in [-0.05, 0) is 19.3 Å². The van der Waals surface area contributed by atoms with Crippen LogP contribution in [0.25, 0.3) is 0 Å². The third-order valence-corrected chi connectivity index (χ3v) is 2.24. The molecule has 0 saturated heterocycles. The highest BCUT2D eigenvalue weighted by Gasteiger charge is 2.09. The van der Waals surface area contributed by atoms with Crippen molar-refractivity contribution in [2.24, 2.45) is 0 Å². The molecule has 0 bridgehead atoms. The van der Waals surface area contributed by atoms with E-state index in [0.29, 0.717) is 0 Å². The molecule has 1 heteroatoms. The van der Waals surface area contributed by atoms with Crippen molar-refractivity contribution in [1.82, 2.24) is 0 Å². The first-order valence-corrected chi connectivity index (χ1v) is 3.61. The number of alkyl halides is 1. The normalized spacial score (nSPS) is 25.5. The Morgan fingerprint density at radius 1 is 1.67 bits per heavy atom. The SMILES string of the molecule is IC1[CH]CCC1. The Kier molecular flexibility index (Phi) is 1.74. The third kappa shape index (κ3) is 1.10. The molecule has 0 aromatic carbocycles. The molecule has 0 N–H and O–H groups in total. The van der Waals surface area contributed by atoms with Crippen molar-refractivity contribution < 1.29 is 0 Å². The van der Waals surface area contributed by atoms with E-state index >= 15 is 0 Å². The largest absolute Gasteiger partial charge is 0.0823 e. The van der Waals surface area contributed by atoms with Gasteiger partial charge >= 0.3 is 0 Å². The molecular formula is C5H8I. The van der Waals surface area contributed by atoms with Gasteiger partial charge in [-0.1, -0.05) is 29.0 Å². The molecule has 1 radical (unpaired) electrons. The van der Waals surface area contributed by atoms with E-state index in [-0.39, 0.29) is 0 Å². The Balaban J connectivity index is 2.18. The van der Waals surface area contributed by atoms with E-state index in [0.717, 1.165) is 3.92 Å². The molecule has 0 aliphatic heterocycles. The van der Waals surface area contributed by atoms with Gasteiger partial charge in [0.1, 0.15) is 0 Å². The molecule has 6 heavy (non-hydrogen) atoms. The first kappa shape index (κ1) is 4.88. The van der Waals surface area contributed by atoms with Crippen LogP contribution < -0.4 is 0 Å². The minimum Gasteiger partial charge on any atom is -0.0823 e. The molecule has 0 amide bonds. The Hall–Kier alpha value is 0.730. The van der Waals surface area contributed by atoms with Crippen LogP contribution in [0.1, 0.15) is 19.3 Å². The first-order chi connectivity index (χ1) is 2.89. The van der Waals surface area contributed by atoms with Crippen molar-refractivity contribution in [2.75, 3.05) is 0 Å². The topological polar surface area (TPSA) is 0 Å². The summed E-state index contributed by atoms with van der Waals surface area (Å²) in [7, 11) is 0. The van der Waals surface area contributed by atoms with Gasteiger partial charge in [-0.3, -0.25) is 0 Å². The minimum absolute atomic E-state index is 0.891. The maximum atomic E-state index is 2.48. The second-order valence-corrected chi connectivity index (χ2v) is 3.28. The van der Waals surface area contributed by atoms with Crippen LogP contribution in [0.4, 0.5) is 0 Å². The Morgan fingerprint density at radius 3 is 2.67 bits per heavy atom. The van der Waals surface area contributed by atoms with Gasteiger partial charge in [0.2, 0.25) is 0 Å². The predicted molar refractivity (Wildman–Crippen MR) is 36.0 cm³/mol. The van der Waals surface area contributed by atoms with E-state index in [1.54, 1.807) is 0 Å². The lowest BCUT2D eigenvalue weighted by Gasteiger charge is -1.88. The lowest BCUT2D eigenvalue weighted by Crippen LogP contribution is -1.82. The average Bonchev–Trinajstić information content (AvgIpc) is 1.86. The summed E-state index contributed by atoms with van der Waals surface area (Å²) in [6.45, 7) is 0. The van der Waals surface area contributed by atoms with Crippen LogP contribution in [0.5, 0.6) is 0 Å². The molecule has 0 aromatic heterocycles. The predicted octanol–water partition coefficient (Wildman–Crippen LogP) is 2.18. The van der Waals surface area contributed by atoms with Crippen molar-refractivity contribution >= 4 is 22.6 Å². The highest BCUT2D eigenvalue weighted by molar-refractivity contribution is 14.1. The first-order valence-electron chi connectivity index (χ1n) is 2.37. The molecular weight excluding hydrogens is 187 g/mol. The summed E-state index contributed by atoms with van der Waals surface area (Å²) >= 11 is 2.48. The summed E-state index contributed by atoms with van der Waals surface area (Å²) in [5, 5.41) is 0. The Labute approximate surface area is 52.5 Å². The summed E-state index contributed by atoms with van der Waals surface area (Å²) in [6, 6.07) is 0. The fourth-order valence-electron chi connectivity index (χ4n) is 0.729. The average molecular weight is 195 g/mol. The fourth-order valence-corrected chi connectivity index (χ4v) is 1.53. The highest BCUT2D eigenvalue weighted by Crippen LogP contribution is 2.23.